The minimum Gasteiger partial charge on any atom is -0.347 e. The Morgan fingerprint density at radius 2 is 2.07 bits per heavy atom. The molecule has 1 amide bonds. The average Bonchev–Trinajstić information content (AvgIpc) is 2.51. The van der Waals surface area contributed by atoms with Crippen LogP contribution in [0, 0.1) is 12.8 Å². The zero-order valence-corrected chi connectivity index (χ0v) is 8.96. The number of H-pyrrole nitrogens is 1. The highest BCUT2D eigenvalue weighted by Crippen LogP contribution is 2.01. The van der Waals surface area contributed by atoms with Gasteiger partial charge in [-0.3, -0.25) is 9.89 Å². The molecular formula is C9H16N4O. The lowest BCUT2D eigenvalue weighted by Crippen LogP contribution is -2.36. The number of carbonyl (C=O) groups is 1. The maximum absolute atomic E-state index is 11.5. The van der Waals surface area contributed by atoms with E-state index in [2.05, 4.69) is 20.5 Å². The van der Waals surface area contributed by atoms with Crippen LogP contribution in [0.1, 0.15) is 37.2 Å². The highest BCUT2D eigenvalue weighted by Gasteiger charge is 2.15. The number of amides is 1. The molecule has 78 valence electrons. The van der Waals surface area contributed by atoms with Gasteiger partial charge in [-0.15, -0.1) is 5.10 Å². The fraction of sp³-hybridized carbons (Fsp3) is 0.667. The molecule has 0 bridgehead atoms. The Morgan fingerprint density at radius 1 is 1.43 bits per heavy atom. The smallest absolute Gasteiger partial charge is 0.291 e. The summed E-state index contributed by atoms with van der Waals surface area (Å²) in [5.74, 6) is 1.02. The molecule has 2 N–H and O–H groups in total. The summed E-state index contributed by atoms with van der Waals surface area (Å²) in [6, 6.07) is 0.126. The van der Waals surface area contributed by atoms with Crippen LogP contribution < -0.4 is 5.32 Å². The van der Waals surface area contributed by atoms with Crippen molar-refractivity contribution in [3.05, 3.63) is 11.6 Å². The van der Waals surface area contributed by atoms with Gasteiger partial charge in [0, 0.05) is 6.04 Å². The van der Waals surface area contributed by atoms with Crippen LogP contribution in [0.4, 0.5) is 0 Å². The lowest BCUT2D eigenvalue weighted by Gasteiger charge is -2.15. The summed E-state index contributed by atoms with van der Waals surface area (Å²) in [6.07, 6.45) is 0. The summed E-state index contributed by atoms with van der Waals surface area (Å²) in [6.45, 7) is 7.82. The lowest BCUT2D eigenvalue weighted by atomic mass is 10.1. The minimum absolute atomic E-state index is 0.126. The number of hydrogen-bond donors (Lipinski definition) is 2. The summed E-state index contributed by atoms with van der Waals surface area (Å²) < 4.78 is 0. The van der Waals surface area contributed by atoms with E-state index in [-0.39, 0.29) is 17.8 Å². The van der Waals surface area contributed by atoms with Crippen molar-refractivity contribution in [3.63, 3.8) is 0 Å². The summed E-state index contributed by atoms with van der Waals surface area (Å²) in [5.41, 5.74) is 0. The summed E-state index contributed by atoms with van der Waals surface area (Å²) in [7, 11) is 0. The first-order chi connectivity index (χ1) is 6.50. The molecule has 1 heterocycles. The van der Waals surface area contributed by atoms with Gasteiger partial charge in [0.05, 0.1) is 0 Å². The van der Waals surface area contributed by atoms with Gasteiger partial charge in [-0.1, -0.05) is 13.8 Å². The Balaban J connectivity index is 2.59. The SMILES string of the molecule is Cc1nc(C(=O)NC(C)C(C)C)n[nH]1. The van der Waals surface area contributed by atoms with E-state index in [1.165, 1.54) is 0 Å². The number of nitrogens with one attached hydrogen (secondary N) is 2. The van der Waals surface area contributed by atoms with Gasteiger partial charge in [0.25, 0.3) is 5.91 Å². The molecule has 0 aromatic carbocycles. The molecule has 1 aromatic heterocycles. The van der Waals surface area contributed by atoms with Crippen LogP contribution in [0.25, 0.3) is 0 Å². The topological polar surface area (TPSA) is 70.7 Å². The van der Waals surface area contributed by atoms with Crippen LogP contribution in [-0.4, -0.2) is 27.1 Å². The van der Waals surface area contributed by atoms with Crippen LogP contribution >= 0.6 is 0 Å². The monoisotopic (exact) mass is 196 g/mol. The molecule has 1 atom stereocenters. The van der Waals surface area contributed by atoms with Gasteiger partial charge in [-0.05, 0) is 19.8 Å². The van der Waals surface area contributed by atoms with Gasteiger partial charge in [-0.25, -0.2) is 4.98 Å². The molecule has 0 aliphatic heterocycles. The molecule has 1 aromatic rings. The Hall–Kier alpha value is -1.39. The van der Waals surface area contributed by atoms with Crippen molar-refractivity contribution in [1.29, 1.82) is 0 Å². The molecule has 0 aliphatic rings. The van der Waals surface area contributed by atoms with E-state index in [0.29, 0.717) is 11.7 Å². The predicted molar refractivity (Wildman–Crippen MR) is 52.9 cm³/mol. The zero-order chi connectivity index (χ0) is 10.7. The van der Waals surface area contributed by atoms with Crippen molar-refractivity contribution in [1.82, 2.24) is 20.5 Å². The molecule has 14 heavy (non-hydrogen) atoms. The number of carbonyl (C=O) groups excluding carboxylic acids is 1. The van der Waals surface area contributed by atoms with Crippen molar-refractivity contribution >= 4 is 5.91 Å². The summed E-state index contributed by atoms with van der Waals surface area (Å²) in [5, 5.41) is 9.23. The molecule has 0 radical (unpaired) electrons. The Bertz CT molecular complexity index is 318. The fourth-order valence-corrected chi connectivity index (χ4v) is 0.882. The quantitative estimate of drug-likeness (QED) is 0.754. The first-order valence-electron chi connectivity index (χ1n) is 4.70. The fourth-order valence-electron chi connectivity index (χ4n) is 0.882. The van der Waals surface area contributed by atoms with E-state index in [1.54, 1.807) is 6.92 Å². The average molecular weight is 196 g/mol. The molecule has 1 rings (SSSR count). The van der Waals surface area contributed by atoms with E-state index in [4.69, 9.17) is 0 Å². The molecule has 0 aliphatic carbocycles. The van der Waals surface area contributed by atoms with Gasteiger partial charge in [0.2, 0.25) is 5.82 Å². The number of aromatic amines is 1. The largest absolute Gasteiger partial charge is 0.347 e. The van der Waals surface area contributed by atoms with Gasteiger partial charge < -0.3 is 5.32 Å². The van der Waals surface area contributed by atoms with Gasteiger partial charge in [-0.2, -0.15) is 0 Å². The van der Waals surface area contributed by atoms with E-state index in [9.17, 15) is 4.79 Å². The lowest BCUT2D eigenvalue weighted by molar-refractivity contribution is 0.0920. The van der Waals surface area contributed by atoms with E-state index in [0.717, 1.165) is 0 Å². The maximum Gasteiger partial charge on any atom is 0.291 e. The maximum atomic E-state index is 11.5. The highest BCUT2D eigenvalue weighted by molar-refractivity contribution is 5.90. The van der Waals surface area contributed by atoms with Crippen molar-refractivity contribution in [2.45, 2.75) is 33.7 Å². The molecule has 0 spiro atoms. The van der Waals surface area contributed by atoms with E-state index in [1.807, 2.05) is 20.8 Å². The first kappa shape index (κ1) is 10.7. The van der Waals surface area contributed by atoms with Gasteiger partial charge >= 0.3 is 0 Å². The Labute approximate surface area is 83.3 Å². The van der Waals surface area contributed by atoms with Crippen LogP contribution in [0.2, 0.25) is 0 Å². The van der Waals surface area contributed by atoms with Gasteiger partial charge in [0.1, 0.15) is 5.82 Å². The molecule has 0 fully saturated rings. The molecule has 0 saturated heterocycles. The minimum atomic E-state index is -0.226. The first-order valence-corrected chi connectivity index (χ1v) is 4.70. The summed E-state index contributed by atoms with van der Waals surface area (Å²) >= 11 is 0. The third-order valence-corrected chi connectivity index (χ3v) is 2.16. The summed E-state index contributed by atoms with van der Waals surface area (Å²) in [4.78, 5) is 15.5. The number of nitrogens with zero attached hydrogens (tertiary/aromatic N) is 2. The number of aryl methyl sites for hydroxylation is 1. The molecular weight excluding hydrogens is 180 g/mol. The van der Waals surface area contributed by atoms with Crippen LogP contribution in [-0.2, 0) is 0 Å². The third kappa shape index (κ3) is 2.55. The van der Waals surface area contributed by atoms with Gasteiger partial charge in [0.15, 0.2) is 0 Å². The third-order valence-electron chi connectivity index (χ3n) is 2.16. The molecule has 0 saturated carbocycles. The van der Waals surface area contributed by atoms with Crippen molar-refractivity contribution in [2.75, 3.05) is 0 Å². The second kappa shape index (κ2) is 4.21. The predicted octanol–water partition coefficient (Wildman–Crippen LogP) is 0.887. The second-order valence-corrected chi connectivity index (χ2v) is 3.75. The van der Waals surface area contributed by atoms with E-state index < -0.39 is 0 Å². The Kier molecular flexibility index (Phi) is 3.22. The second-order valence-electron chi connectivity index (χ2n) is 3.75. The van der Waals surface area contributed by atoms with Crippen molar-refractivity contribution in [2.24, 2.45) is 5.92 Å². The standard InChI is InChI=1S/C9H16N4O/c1-5(2)6(3)10-9(14)8-11-7(4)12-13-8/h5-6H,1-4H3,(H,10,14)(H,11,12,13). The zero-order valence-electron chi connectivity index (χ0n) is 8.96. The molecule has 5 nitrogen and oxygen atoms in total. The number of aromatic nitrogens is 3. The van der Waals surface area contributed by atoms with E-state index >= 15 is 0 Å². The molecule has 1 unspecified atom stereocenters. The van der Waals surface area contributed by atoms with Crippen LogP contribution in [0.3, 0.4) is 0 Å². The van der Waals surface area contributed by atoms with Crippen LogP contribution in [0.5, 0.6) is 0 Å². The van der Waals surface area contributed by atoms with Crippen LogP contribution in [0.15, 0.2) is 0 Å². The van der Waals surface area contributed by atoms with Crippen molar-refractivity contribution in [3.8, 4) is 0 Å². The number of hydrogen-bond acceptors (Lipinski definition) is 3. The number of rotatable bonds is 3. The normalized spacial score (nSPS) is 12.9. The molecule has 5 heteroatoms. The highest BCUT2D eigenvalue weighted by atomic mass is 16.2. The Morgan fingerprint density at radius 3 is 2.50 bits per heavy atom. The van der Waals surface area contributed by atoms with Crippen molar-refractivity contribution < 1.29 is 4.79 Å².